The number of carboxylic acid groups (broad SMARTS) is 1. The zero-order valence-electron chi connectivity index (χ0n) is 13.3. The number of imidazole rings is 1. The van der Waals surface area contributed by atoms with Crippen LogP contribution in [0, 0.1) is 24.7 Å². The zero-order valence-corrected chi connectivity index (χ0v) is 13.3. The molecule has 2 aromatic heterocycles. The summed E-state index contributed by atoms with van der Waals surface area (Å²) in [6.07, 6.45) is 3.09. The Morgan fingerprint density at radius 3 is 2.70 bits per heavy atom. The average Bonchev–Trinajstić information content (AvgIpc) is 2.94. The lowest BCUT2D eigenvalue weighted by molar-refractivity contribution is 0.0691. The Morgan fingerprint density at radius 1 is 1.35 bits per heavy atom. The number of nitrogens with zero attached hydrogens (tertiary/aromatic N) is 4. The van der Waals surface area contributed by atoms with Crippen LogP contribution in [0.15, 0.2) is 24.7 Å². The largest absolute Gasteiger partial charge is 0.476 e. The third-order valence-electron chi connectivity index (χ3n) is 5.33. The van der Waals surface area contributed by atoms with Crippen LogP contribution in [0.25, 0.3) is 0 Å². The van der Waals surface area contributed by atoms with Crippen LogP contribution in [0.1, 0.15) is 28.7 Å². The van der Waals surface area contributed by atoms with Crippen LogP contribution in [0.3, 0.4) is 0 Å². The van der Waals surface area contributed by atoms with Crippen molar-refractivity contribution in [3.8, 4) is 0 Å². The van der Waals surface area contributed by atoms with Crippen molar-refractivity contribution in [2.45, 2.75) is 20.4 Å². The number of fused-ring (bicyclic) bond motifs is 1. The Labute approximate surface area is 134 Å². The van der Waals surface area contributed by atoms with Crippen LogP contribution < -0.4 is 4.90 Å². The van der Waals surface area contributed by atoms with Crippen LogP contribution in [-0.4, -0.2) is 38.7 Å². The van der Waals surface area contributed by atoms with Gasteiger partial charge in [-0.2, -0.15) is 0 Å². The molecule has 2 fully saturated rings. The molecular formula is C17H20N4O2. The van der Waals surface area contributed by atoms with E-state index in [1.807, 2.05) is 6.92 Å². The van der Waals surface area contributed by atoms with Gasteiger partial charge in [-0.15, -0.1) is 0 Å². The Kier molecular flexibility index (Phi) is 3.14. The van der Waals surface area contributed by atoms with E-state index in [0.29, 0.717) is 6.54 Å². The summed E-state index contributed by atoms with van der Waals surface area (Å²) in [7, 11) is 0. The van der Waals surface area contributed by atoms with Crippen molar-refractivity contribution >= 4 is 11.8 Å². The minimum absolute atomic E-state index is 0.0673. The van der Waals surface area contributed by atoms with Crippen molar-refractivity contribution in [3.05, 3.63) is 41.6 Å². The fourth-order valence-corrected chi connectivity index (χ4v) is 3.68. The molecule has 0 radical (unpaired) electrons. The molecule has 6 nitrogen and oxygen atoms in total. The molecule has 6 heteroatoms. The van der Waals surface area contributed by atoms with Gasteiger partial charge in [0, 0.05) is 25.0 Å². The molecule has 1 aliphatic heterocycles. The van der Waals surface area contributed by atoms with Crippen LogP contribution >= 0.6 is 0 Å². The lowest BCUT2D eigenvalue weighted by Crippen LogP contribution is -2.24. The summed E-state index contributed by atoms with van der Waals surface area (Å²) < 4.78 is 1.78. The Morgan fingerprint density at radius 2 is 2.09 bits per heavy atom. The Hall–Kier alpha value is -2.37. The smallest absolute Gasteiger partial charge is 0.356 e. The number of carbonyl (C=O) groups is 1. The third kappa shape index (κ3) is 2.48. The number of aryl methyl sites for hydroxylation is 1. The van der Waals surface area contributed by atoms with E-state index in [-0.39, 0.29) is 5.69 Å². The molecule has 1 saturated heterocycles. The van der Waals surface area contributed by atoms with Crippen molar-refractivity contribution in [2.24, 2.45) is 17.8 Å². The monoisotopic (exact) mass is 312 g/mol. The second-order valence-electron chi connectivity index (χ2n) is 6.74. The first kappa shape index (κ1) is 14.2. The van der Waals surface area contributed by atoms with Gasteiger partial charge in [0.25, 0.3) is 0 Å². The highest BCUT2D eigenvalue weighted by Crippen LogP contribution is 2.51. The van der Waals surface area contributed by atoms with Gasteiger partial charge in [0.15, 0.2) is 5.69 Å². The quantitative estimate of drug-likeness (QED) is 0.935. The number of pyridine rings is 1. The molecule has 1 aliphatic carbocycles. The highest BCUT2D eigenvalue weighted by molar-refractivity contribution is 5.84. The summed E-state index contributed by atoms with van der Waals surface area (Å²) >= 11 is 0. The second-order valence-corrected chi connectivity index (χ2v) is 6.74. The van der Waals surface area contributed by atoms with Crippen LogP contribution in [-0.2, 0) is 6.54 Å². The molecule has 1 N–H and O–H groups in total. The van der Waals surface area contributed by atoms with E-state index in [4.69, 9.17) is 10.1 Å². The number of hydrogen-bond donors (Lipinski definition) is 1. The number of hydrogen-bond acceptors (Lipinski definition) is 4. The molecule has 0 aromatic carbocycles. The molecule has 4 rings (SSSR count). The fourth-order valence-electron chi connectivity index (χ4n) is 3.68. The van der Waals surface area contributed by atoms with Crippen LogP contribution in [0.4, 0.5) is 5.82 Å². The lowest BCUT2D eigenvalue weighted by atomic mass is 10.2. The third-order valence-corrected chi connectivity index (χ3v) is 5.33. The predicted molar refractivity (Wildman–Crippen MR) is 85.6 cm³/mol. The van der Waals surface area contributed by atoms with Gasteiger partial charge in [0.2, 0.25) is 0 Å². The molecular weight excluding hydrogens is 292 g/mol. The van der Waals surface area contributed by atoms with Crippen molar-refractivity contribution in [2.75, 3.05) is 18.0 Å². The van der Waals surface area contributed by atoms with E-state index >= 15 is 0 Å². The summed E-state index contributed by atoms with van der Waals surface area (Å²) in [6.45, 7) is 7.18. The van der Waals surface area contributed by atoms with Gasteiger partial charge in [-0.25, -0.2) is 14.8 Å². The number of aromatic nitrogens is 3. The van der Waals surface area contributed by atoms with E-state index in [2.05, 4.69) is 28.9 Å². The topological polar surface area (TPSA) is 71.2 Å². The maximum Gasteiger partial charge on any atom is 0.356 e. The van der Waals surface area contributed by atoms with Gasteiger partial charge in [0.1, 0.15) is 5.82 Å². The standard InChI is InChI=1S/C17H20N4O2/c1-10-13-6-21(7-14(10)13)16-4-3-12(11(2)19-16)5-20-8-15(17(22)23)18-9-20/h3-4,8-10,13-14H,5-7H2,1-2H3,(H,22,23)/t10-,13+,14-. The highest BCUT2D eigenvalue weighted by atomic mass is 16.4. The molecule has 0 spiro atoms. The Balaban J connectivity index is 1.48. The molecule has 3 heterocycles. The molecule has 0 amide bonds. The van der Waals surface area contributed by atoms with Gasteiger partial charge in [-0.1, -0.05) is 13.0 Å². The summed E-state index contributed by atoms with van der Waals surface area (Å²) in [6, 6.07) is 4.16. The normalized spacial score (nSPS) is 25.5. The SMILES string of the molecule is Cc1nc(N2C[C@@H]3[C@H](C)[C@@H]3C2)ccc1Cn1cnc(C(=O)O)c1. The fraction of sp³-hybridized carbons (Fsp3) is 0.471. The van der Waals surface area contributed by atoms with Crippen molar-refractivity contribution in [1.29, 1.82) is 0 Å². The van der Waals surface area contributed by atoms with E-state index in [1.165, 1.54) is 0 Å². The van der Waals surface area contributed by atoms with E-state index in [0.717, 1.165) is 47.9 Å². The molecule has 2 aliphatic rings. The first-order chi connectivity index (χ1) is 11.0. The summed E-state index contributed by atoms with van der Waals surface area (Å²) in [5, 5.41) is 8.93. The minimum atomic E-state index is -1.00. The summed E-state index contributed by atoms with van der Waals surface area (Å²) in [5.74, 6) is 2.66. The van der Waals surface area contributed by atoms with Crippen LogP contribution in [0.5, 0.6) is 0 Å². The van der Waals surface area contributed by atoms with E-state index < -0.39 is 5.97 Å². The minimum Gasteiger partial charge on any atom is -0.476 e. The van der Waals surface area contributed by atoms with Gasteiger partial charge in [-0.05, 0) is 36.3 Å². The van der Waals surface area contributed by atoms with Crippen LogP contribution in [0.2, 0.25) is 0 Å². The maximum atomic E-state index is 10.9. The van der Waals surface area contributed by atoms with Gasteiger partial charge in [0.05, 0.1) is 12.9 Å². The van der Waals surface area contributed by atoms with Crippen molar-refractivity contribution in [1.82, 2.24) is 14.5 Å². The van der Waals surface area contributed by atoms with Gasteiger partial charge in [-0.3, -0.25) is 0 Å². The number of aromatic carboxylic acids is 1. The maximum absolute atomic E-state index is 10.9. The average molecular weight is 312 g/mol. The lowest BCUT2D eigenvalue weighted by Gasteiger charge is -2.21. The van der Waals surface area contributed by atoms with Gasteiger partial charge >= 0.3 is 5.97 Å². The molecule has 0 unspecified atom stereocenters. The molecule has 0 bridgehead atoms. The number of piperidine rings is 1. The number of anilines is 1. The molecule has 1 saturated carbocycles. The molecule has 2 aromatic rings. The summed E-state index contributed by atoms with van der Waals surface area (Å²) in [5.41, 5.74) is 2.14. The van der Waals surface area contributed by atoms with Gasteiger partial charge < -0.3 is 14.6 Å². The second kappa shape index (κ2) is 5.08. The first-order valence-electron chi connectivity index (χ1n) is 7.99. The summed E-state index contributed by atoms with van der Waals surface area (Å²) in [4.78, 5) is 21.9. The predicted octanol–water partition coefficient (Wildman–Crippen LogP) is 2.04. The number of carboxylic acids is 1. The molecule has 23 heavy (non-hydrogen) atoms. The highest BCUT2D eigenvalue weighted by Gasteiger charge is 2.52. The van der Waals surface area contributed by atoms with E-state index in [9.17, 15) is 4.79 Å². The zero-order chi connectivity index (χ0) is 16.1. The molecule has 120 valence electrons. The van der Waals surface area contributed by atoms with E-state index in [1.54, 1.807) is 17.1 Å². The molecule has 3 atom stereocenters. The number of rotatable bonds is 4. The van der Waals surface area contributed by atoms with Crippen molar-refractivity contribution < 1.29 is 9.90 Å². The first-order valence-corrected chi connectivity index (χ1v) is 7.99. The van der Waals surface area contributed by atoms with Crippen molar-refractivity contribution in [3.63, 3.8) is 0 Å². The Bertz CT molecular complexity index is 758.